The molecule has 0 aliphatic rings. The second-order valence-corrected chi connectivity index (χ2v) is 8.95. The third-order valence-electron chi connectivity index (χ3n) is 4.49. The van der Waals surface area contributed by atoms with Crippen molar-refractivity contribution < 1.29 is 8.42 Å². The number of fused-ring (bicyclic) bond motifs is 1. The number of hydrogen-bond donors (Lipinski definition) is 4. The molecule has 0 spiro atoms. The summed E-state index contributed by atoms with van der Waals surface area (Å²) in [6.45, 7) is 0. The number of nitrogens with two attached hydrogens (primary N) is 1. The van der Waals surface area contributed by atoms with E-state index in [1.54, 1.807) is 25.2 Å². The number of nitrogens with zero attached hydrogens (tertiary/aromatic N) is 2. The fourth-order valence-corrected chi connectivity index (χ4v) is 4.29. The van der Waals surface area contributed by atoms with Crippen LogP contribution in [0.1, 0.15) is 0 Å². The van der Waals surface area contributed by atoms with Gasteiger partial charge in [0, 0.05) is 23.3 Å². The van der Waals surface area contributed by atoms with Gasteiger partial charge in [0.05, 0.1) is 15.9 Å². The van der Waals surface area contributed by atoms with Crippen LogP contribution in [0.15, 0.2) is 82.6 Å². The Morgan fingerprint density at radius 3 is 2.16 bits per heavy atom. The van der Waals surface area contributed by atoms with Crippen molar-refractivity contribution in [3.05, 3.63) is 72.8 Å². The maximum absolute atomic E-state index is 13.0. The van der Waals surface area contributed by atoms with E-state index in [0.29, 0.717) is 16.7 Å². The third kappa shape index (κ3) is 4.71. The van der Waals surface area contributed by atoms with Crippen molar-refractivity contribution in [1.82, 2.24) is 9.97 Å². The summed E-state index contributed by atoms with van der Waals surface area (Å²) in [5.74, 6) is 0.385. The van der Waals surface area contributed by atoms with Gasteiger partial charge < -0.3 is 10.6 Å². The Labute approximate surface area is 184 Å². The highest BCUT2D eigenvalue weighted by molar-refractivity contribution is 7.97. The predicted molar refractivity (Wildman–Crippen MR) is 126 cm³/mol. The van der Waals surface area contributed by atoms with Gasteiger partial charge in [-0.25, -0.2) is 18.4 Å². The van der Waals surface area contributed by atoms with E-state index < -0.39 is 10.0 Å². The van der Waals surface area contributed by atoms with Crippen molar-refractivity contribution in [1.29, 1.82) is 0 Å². The lowest BCUT2D eigenvalue weighted by Crippen LogP contribution is -2.16. The molecule has 4 rings (SSSR count). The third-order valence-corrected chi connectivity index (χ3v) is 6.37. The second kappa shape index (κ2) is 8.80. The van der Waals surface area contributed by atoms with Gasteiger partial charge in [-0.15, -0.1) is 0 Å². The zero-order valence-electron chi connectivity index (χ0n) is 16.5. The maximum Gasteiger partial charge on any atom is 0.263 e. The van der Waals surface area contributed by atoms with Crippen LogP contribution in [-0.4, -0.2) is 25.4 Å². The Kier molecular flexibility index (Phi) is 5.94. The molecule has 0 aliphatic carbocycles. The molecule has 3 aromatic carbocycles. The average molecular weight is 453 g/mol. The van der Waals surface area contributed by atoms with E-state index in [2.05, 4.69) is 25.3 Å². The zero-order chi connectivity index (χ0) is 21.8. The van der Waals surface area contributed by atoms with Gasteiger partial charge in [0.15, 0.2) is 11.6 Å². The van der Waals surface area contributed by atoms with Gasteiger partial charge >= 0.3 is 0 Å². The summed E-state index contributed by atoms with van der Waals surface area (Å²) in [6.07, 6.45) is 0. The van der Waals surface area contributed by atoms with Crippen molar-refractivity contribution in [2.24, 2.45) is 5.14 Å². The molecule has 8 nitrogen and oxygen atoms in total. The molecule has 0 radical (unpaired) electrons. The van der Waals surface area contributed by atoms with Crippen LogP contribution < -0.4 is 20.5 Å². The van der Waals surface area contributed by atoms with Crippen molar-refractivity contribution in [3.63, 3.8) is 0 Å². The maximum atomic E-state index is 13.0. The molecule has 5 N–H and O–H groups in total. The highest BCUT2D eigenvalue weighted by Crippen LogP contribution is 2.28. The van der Waals surface area contributed by atoms with Crippen LogP contribution in [0.3, 0.4) is 0 Å². The minimum atomic E-state index is -3.88. The molecule has 4 aromatic rings. The number of anilines is 4. The summed E-state index contributed by atoms with van der Waals surface area (Å²) in [7, 11) is -2.11. The number of para-hydroxylation sites is 2. The lowest BCUT2D eigenvalue weighted by Gasteiger charge is -2.14. The number of sulfonamides is 1. The number of aromatic nitrogens is 2. The molecule has 0 atom stereocenters. The van der Waals surface area contributed by atoms with Gasteiger partial charge in [0.2, 0.25) is 0 Å². The van der Waals surface area contributed by atoms with Gasteiger partial charge in [-0.1, -0.05) is 18.2 Å². The number of benzene rings is 3. The van der Waals surface area contributed by atoms with Gasteiger partial charge in [-0.2, -0.15) is 0 Å². The van der Waals surface area contributed by atoms with Crippen LogP contribution in [0.25, 0.3) is 11.0 Å². The molecule has 0 amide bonds. The molecular formula is C21H20N6O2S2. The Bertz CT molecular complexity index is 1330. The largest absolute Gasteiger partial charge is 0.388 e. The summed E-state index contributed by atoms with van der Waals surface area (Å²) in [6, 6.07) is 21.1. The molecular weight excluding hydrogens is 432 g/mol. The highest BCUT2D eigenvalue weighted by atomic mass is 32.2. The highest BCUT2D eigenvalue weighted by Gasteiger charge is 2.19. The summed E-state index contributed by atoms with van der Waals surface area (Å²) in [5, 5.41) is 11.8. The lowest BCUT2D eigenvalue weighted by atomic mass is 10.3. The van der Waals surface area contributed by atoms with Crippen LogP contribution in [0.5, 0.6) is 0 Å². The predicted octanol–water partition coefficient (Wildman–Crippen LogP) is 4.18. The van der Waals surface area contributed by atoms with Crippen LogP contribution >= 0.6 is 11.9 Å². The smallest absolute Gasteiger partial charge is 0.263 e. The topological polar surface area (TPSA) is 122 Å². The summed E-state index contributed by atoms with van der Waals surface area (Å²) in [5.41, 5.74) is 2.72. The first-order chi connectivity index (χ1) is 15.0. The van der Waals surface area contributed by atoms with Crippen LogP contribution in [0.2, 0.25) is 0 Å². The standard InChI is InChI=1S/C21H20N6O2S2/c1-23-14-9-11-17(12-10-14)31(28,29)27-21-20(24-15-5-4-6-16(13-15)30-22)25-18-7-2-3-8-19(18)26-21/h2-13,23H,22H2,1H3,(H,24,25)(H,26,27). The minimum absolute atomic E-state index is 0.0993. The SMILES string of the molecule is CNc1ccc(S(=O)(=O)Nc2nc3ccccc3nc2Nc2cccc(SN)c2)cc1. The number of nitrogens with one attached hydrogen (secondary N) is 3. The zero-order valence-corrected chi connectivity index (χ0v) is 18.2. The molecule has 31 heavy (non-hydrogen) atoms. The van der Waals surface area contributed by atoms with Gasteiger partial charge in [0.25, 0.3) is 10.0 Å². The Hall–Kier alpha value is -3.34. The molecule has 1 aromatic heterocycles. The Morgan fingerprint density at radius 1 is 0.839 bits per heavy atom. The van der Waals surface area contributed by atoms with Crippen molar-refractivity contribution in [2.45, 2.75) is 9.79 Å². The molecule has 0 unspecified atom stereocenters. The molecule has 0 saturated carbocycles. The first-order valence-corrected chi connectivity index (χ1v) is 11.7. The molecule has 0 fully saturated rings. The van der Waals surface area contributed by atoms with Crippen molar-refractivity contribution in [2.75, 3.05) is 22.4 Å². The number of hydrogen-bond acceptors (Lipinski definition) is 8. The van der Waals surface area contributed by atoms with E-state index >= 15 is 0 Å². The van der Waals surface area contributed by atoms with Gasteiger partial charge in [-0.3, -0.25) is 9.86 Å². The average Bonchev–Trinajstić information content (AvgIpc) is 2.79. The van der Waals surface area contributed by atoms with E-state index in [1.165, 1.54) is 12.1 Å². The summed E-state index contributed by atoms with van der Waals surface area (Å²) < 4.78 is 28.6. The van der Waals surface area contributed by atoms with Crippen LogP contribution in [0, 0.1) is 0 Å². The van der Waals surface area contributed by atoms with Crippen molar-refractivity contribution in [3.8, 4) is 0 Å². The lowest BCUT2D eigenvalue weighted by molar-refractivity contribution is 0.601. The van der Waals surface area contributed by atoms with E-state index in [1.807, 2.05) is 42.5 Å². The van der Waals surface area contributed by atoms with E-state index in [4.69, 9.17) is 5.14 Å². The minimum Gasteiger partial charge on any atom is -0.388 e. The van der Waals surface area contributed by atoms with Gasteiger partial charge in [-0.05, 0) is 66.5 Å². The fourth-order valence-electron chi connectivity index (χ4n) is 2.93. The fraction of sp³-hybridized carbons (Fsp3) is 0.0476. The molecule has 0 saturated heterocycles. The molecule has 0 aliphatic heterocycles. The summed E-state index contributed by atoms with van der Waals surface area (Å²) in [4.78, 5) is 10.1. The molecule has 10 heteroatoms. The molecule has 158 valence electrons. The van der Waals surface area contributed by atoms with E-state index in [9.17, 15) is 8.42 Å². The molecule has 1 heterocycles. The first kappa shape index (κ1) is 20.9. The molecule has 0 bridgehead atoms. The Morgan fingerprint density at radius 2 is 1.52 bits per heavy atom. The van der Waals surface area contributed by atoms with E-state index in [-0.39, 0.29) is 16.5 Å². The normalized spacial score (nSPS) is 11.3. The number of rotatable bonds is 7. The van der Waals surface area contributed by atoms with Crippen molar-refractivity contribution >= 4 is 56.0 Å². The quantitative estimate of drug-likeness (QED) is 0.308. The monoisotopic (exact) mass is 452 g/mol. The van der Waals surface area contributed by atoms with E-state index in [0.717, 1.165) is 22.5 Å². The van der Waals surface area contributed by atoms with Crippen LogP contribution in [-0.2, 0) is 10.0 Å². The van der Waals surface area contributed by atoms with Gasteiger partial charge in [0.1, 0.15) is 0 Å². The van der Waals surface area contributed by atoms with Crippen LogP contribution in [0.4, 0.5) is 23.0 Å². The first-order valence-electron chi connectivity index (χ1n) is 9.30. The Balaban J connectivity index is 1.75. The second-order valence-electron chi connectivity index (χ2n) is 6.56. The summed E-state index contributed by atoms with van der Waals surface area (Å²) >= 11 is 1.12.